The summed E-state index contributed by atoms with van der Waals surface area (Å²) in [5.41, 5.74) is 6.18. The highest BCUT2D eigenvalue weighted by atomic mass is 79.9. The molecule has 0 heterocycles. The molecule has 5 nitrogen and oxygen atoms in total. The molecule has 0 saturated heterocycles. The van der Waals surface area contributed by atoms with Crippen molar-refractivity contribution in [1.82, 2.24) is 0 Å². The average molecular weight is 328 g/mol. The first-order valence-corrected chi connectivity index (χ1v) is 6.58. The van der Waals surface area contributed by atoms with Crippen molar-refractivity contribution in [2.45, 2.75) is 32.8 Å². The molecule has 0 bridgehead atoms. The van der Waals surface area contributed by atoms with E-state index >= 15 is 0 Å². The third kappa shape index (κ3) is 5.74. The molecule has 0 spiro atoms. The summed E-state index contributed by atoms with van der Waals surface area (Å²) in [5.74, 6) is 0.0366. The van der Waals surface area contributed by atoms with Gasteiger partial charge in [-0.25, -0.2) is 4.79 Å². The van der Waals surface area contributed by atoms with Gasteiger partial charge >= 0.3 is 6.09 Å². The Labute approximate surface area is 121 Å². The van der Waals surface area contributed by atoms with Crippen LogP contribution in [0, 0.1) is 5.41 Å². The first kappa shape index (κ1) is 15.5. The molecule has 0 fully saturated rings. The molecule has 1 aromatic carbocycles. The van der Waals surface area contributed by atoms with Gasteiger partial charge in [-0.15, -0.1) is 0 Å². The zero-order valence-electron chi connectivity index (χ0n) is 11.2. The lowest BCUT2D eigenvalue weighted by molar-refractivity contribution is 0.0636. The van der Waals surface area contributed by atoms with Crippen LogP contribution in [0.1, 0.15) is 26.3 Å². The Morgan fingerprint density at radius 3 is 2.63 bits per heavy atom. The number of carbonyl (C=O) groups excluding carboxylic acids is 1. The number of halogens is 1. The van der Waals surface area contributed by atoms with Crippen LogP contribution in [-0.2, 0) is 11.2 Å². The Bertz CT molecular complexity index is 495. The molecule has 4 N–H and O–H groups in total. The molecule has 104 valence electrons. The number of hydrogen-bond donors (Lipinski definition) is 3. The zero-order chi connectivity index (χ0) is 14.6. The second kappa shape index (κ2) is 6.06. The van der Waals surface area contributed by atoms with Crippen LogP contribution in [0.5, 0.6) is 0 Å². The lowest BCUT2D eigenvalue weighted by Crippen LogP contribution is -2.27. The monoisotopic (exact) mass is 327 g/mol. The van der Waals surface area contributed by atoms with Crippen LogP contribution < -0.4 is 11.1 Å². The highest BCUT2D eigenvalue weighted by molar-refractivity contribution is 9.10. The van der Waals surface area contributed by atoms with Crippen molar-refractivity contribution < 1.29 is 9.53 Å². The van der Waals surface area contributed by atoms with Crippen LogP contribution in [0.3, 0.4) is 0 Å². The summed E-state index contributed by atoms with van der Waals surface area (Å²) in [6.45, 7) is 5.39. The maximum Gasteiger partial charge on any atom is 0.412 e. The highest BCUT2D eigenvalue weighted by Gasteiger charge is 2.17. The predicted molar refractivity (Wildman–Crippen MR) is 79.6 cm³/mol. The Morgan fingerprint density at radius 2 is 2.11 bits per heavy atom. The first-order chi connectivity index (χ1) is 8.67. The molecule has 0 saturated carbocycles. The van der Waals surface area contributed by atoms with Crippen molar-refractivity contribution in [1.29, 1.82) is 5.41 Å². The largest absolute Gasteiger partial charge is 0.444 e. The summed E-state index contributed by atoms with van der Waals surface area (Å²) in [5, 5.41) is 10.0. The summed E-state index contributed by atoms with van der Waals surface area (Å²) < 4.78 is 6.02. The fourth-order valence-corrected chi connectivity index (χ4v) is 1.80. The fraction of sp³-hybridized carbons (Fsp3) is 0.385. The lowest BCUT2D eigenvalue weighted by Gasteiger charge is -2.20. The van der Waals surface area contributed by atoms with E-state index < -0.39 is 11.7 Å². The SMILES string of the molecule is CC(C)(C)OC(=O)Nc1cc(Br)ccc1CC(=N)N. The summed E-state index contributed by atoms with van der Waals surface area (Å²) in [6.07, 6.45) is -0.256. The average Bonchev–Trinajstić information content (AvgIpc) is 2.18. The molecular formula is C13H18BrN3O2. The number of amides is 1. The molecule has 6 heteroatoms. The Hall–Kier alpha value is -1.56. The zero-order valence-corrected chi connectivity index (χ0v) is 12.8. The van der Waals surface area contributed by atoms with E-state index in [-0.39, 0.29) is 12.3 Å². The highest BCUT2D eigenvalue weighted by Crippen LogP contribution is 2.22. The third-order valence-electron chi connectivity index (χ3n) is 2.09. The Kier molecular flexibility index (Phi) is 4.94. The molecule has 1 aromatic rings. The van der Waals surface area contributed by atoms with E-state index in [0.29, 0.717) is 5.69 Å². The molecule has 0 aliphatic rings. The molecule has 1 amide bonds. The number of benzene rings is 1. The van der Waals surface area contributed by atoms with Gasteiger partial charge in [-0.2, -0.15) is 0 Å². The maximum atomic E-state index is 11.7. The van der Waals surface area contributed by atoms with E-state index in [1.807, 2.05) is 6.07 Å². The quantitative estimate of drug-likeness (QED) is 0.588. The molecule has 0 radical (unpaired) electrons. The number of hydrogen-bond acceptors (Lipinski definition) is 3. The molecule has 0 aliphatic heterocycles. The third-order valence-corrected chi connectivity index (χ3v) is 2.58. The van der Waals surface area contributed by atoms with Gasteiger partial charge in [0, 0.05) is 16.6 Å². The number of rotatable bonds is 3. The van der Waals surface area contributed by atoms with Gasteiger partial charge < -0.3 is 10.5 Å². The minimum Gasteiger partial charge on any atom is -0.444 e. The molecule has 19 heavy (non-hydrogen) atoms. The summed E-state index contributed by atoms with van der Waals surface area (Å²) >= 11 is 3.34. The van der Waals surface area contributed by atoms with Crippen LogP contribution in [-0.4, -0.2) is 17.5 Å². The number of anilines is 1. The van der Waals surface area contributed by atoms with Gasteiger partial charge in [-0.1, -0.05) is 22.0 Å². The Balaban J connectivity index is 2.89. The van der Waals surface area contributed by atoms with Crippen molar-refractivity contribution in [3.8, 4) is 0 Å². The van der Waals surface area contributed by atoms with Crippen molar-refractivity contribution in [2.75, 3.05) is 5.32 Å². The topological polar surface area (TPSA) is 88.2 Å². The summed E-state index contributed by atoms with van der Waals surface area (Å²) in [6, 6.07) is 5.39. The van der Waals surface area contributed by atoms with Gasteiger partial charge in [-0.3, -0.25) is 10.7 Å². The number of carbonyl (C=O) groups is 1. The van der Waals surface area contributed by atoms with E-state index in [0.717, 1.165) is 10.0 Å². The van der Waals surface area contributed by atoms with Crippen molar-refractivity contribution >= 4 is 33.5 Å². The Morgan fingerprint density at radius 1 is 1.47 bits per heavy atom. The normalized spacial score (nSPS) is 10.9. The van der Waals surface area contributed by atoms with Crippen LogP contribution in [0.4, 0.5) is 10.5 Å². The van der Waals surface area contributed by atoms with Crippen LogP contribution in [0.15, 0.2) is 22.7 Å². The van der Waals surface area contributed by atoms with Crippen LogP contribution >= 0.6 is 15.9 Å². The lowest BCUT2D eigenvalue weighted by atomic mass is 10.1. The summed E-state index contributed by atoms with van der Waals surface area (Å²) in [7, 11) is 0. The van der Waals surface area contributed by atoms with Crippen molar-refractivity contribution in [3.63, 3.8) is 0 Å². The van der Waals surface area contributed by atoms with E-state index in [9.17, 15) is 4.79 Å². The van der Waals surface area contributed by atoms with E-state index in [4.69, 9.17) is 15.9 Å². The van der Waals surface area contributed by atoms with Crippen LogP contribution in [0.2, 0.25) is 0 Å². The number of nitrogens with two attached hydrogens (primary N) is 1. The first-order valence-electron chi connectivity index (χ1n) is 5.79. The van der Waals surface area contributed by atoms with E-state index in [2.05, 4.69) is 21.2 Å². The summed E-state index contributed by atoms with van der Waals surface area (Å²) in [4.78, 5) is 11.7. The van der Waals surface area contributed by atoms with Gasteiger partial charge in [0.15, 0.2) is 0 Å². The minimum absolute atomic E-state index is 0.0366. The second-order valence-electron chi connectivity index (χ2n) is 5.13. The standard InChI is InChI=1S/C13H18BrN3O2/c1-13(2,3)19-12(18)17-10-7-9(14)5-4-8(10)6-11(15)16/h4-5,7H,6H2,1-3H3,(H3,15,16)(H,17,18). The van der Waals surface area contributed by atoms with Gasteiger partial charge in [0.05, 0.1) is 5.84 Å². The van der Waals surface area contributed by atoms with Crippen molar-refractivity contribution in [2.24, 2.45) is 5.73 Å². The molecule has 1 rings (SSSR count). The number of nitrogens with one attached hydrogen (secondary N) is 2. The van der Waals surface area contributed by atoms with E-state index in [1.54, 1.807) is 32.9 Å². The fourth-order valence-electron chi connectivity index (χ4n) is 1.44. The van der Waals surface area contributed by atoms with E-state index in [1.165, 1.54) is 0 Å². The van der Waals surface area contributed by atoms with Gasteiger partial charge in [0.1, 0.15) is 5.60 Å². The van der Waals surface area contributed by atoms with Crippen LogP contribution in [0.25, 0.3) is 0 Å². The second-order valence-corrected chi connectivity index (χ2v) is 6.05. The molecule has 0 aromatic heterocycles. The molecule has 0 unspecified atom stereocenters. The number of ether oxygens (including phenoxy) is 1. The van der Waals surface area contributed by atoms with Gasteiger partial charge in [-0.05, 0) is 38.5 Å². The predicted octanol–water partition coefficient (Wildman–Crippen LogP) is 3.27. The molecule has 0 atom stereocenters. The minimum atomic E-state index is -0.559. The number of amidine groups is 1. The maximum absolute atomic E-state index is 11.7. The van der Waals surface area contributed by atoms with Crippen molar-refractivity contribution in [3.05, 3.63) is 28.2 Å². The van der Waals surface area contributed by atoms with Gasteiger partial charge in [0.2, 0.25) is 0 Å². The smallest absolute Gasteiger partial charge is 0.412 e. The van der Waals surface area contributed by atoms with Gasteiger partial charge in [0.25, 0.3) is 0 Å². The molecule has 0 aliphatic carbocycles. The molecular weight excluding hydrogens is 310 g/mol.